The first-order chi connectivity index (χ1) is 20.5. The molecule has 3 aliphatic rings. The lowest BCUT2D eigenvalue weighted by atomic mass is 9.34. The van der Waals surface area contributed by atoms with Gasteiger partial charge in [0.25, 0.3) is 0 Å². The van der Waals surface area contributed by atoms with E-state index in [-0.39, 0.29) is 26.4 Å². The maximum Gasteiger partial charge on any atom is 0.322 e. The third-order valence-corrected chi connectivity index (χ3v) is 9.40. The Bertz CT molecular complexity index is 1410. The van der Waals surface area contributed by atoms with Crippen LogP contribution in [0.2, 0.25) is 0 Å². The van der Waals surface area contributed by atoms with Gasteiger partial charge in [0.1, 0.15) is 58.1 Å². The zero-order chi connectivity index (χ0) is 32.2. The standard InChI is InChI=1S/C32H34Br2O10/c1-29(2,33)27(37)41-13-11-39-17-7-9-19-21(15-17)43-25(35)23-24-26(36)44-22-16-18(40-12-14-42-28(38)30(3,4)34)8-10-20(22)32(24,6)31(19,23)5/h7-10,15-16,23-24H,11-14H2,1-6H3/t23-,24-,31+,32+/m0/s1. The molecule has 0 N–H and O–H groups in total. The molecule has 2 aromatic carbocycles. The molecule has 236 valence electrons. The van der Waals surface area contributed by atoms with Gasteiger partial charge in [0.2, 0.25) is 0 Å². The molecule has 0 bridgehead atoms. The normalized spacial score (nSPS) is 25.1. The molecular weight excluding hydrogens is 704 g/mol. The third-order valence-electron chi connectivity index (χ3n) is 8.75. The monoisotopic (exact) mass is 736 g/mol. The molecular formula is C32H34Br2O10. The minimum atomic E-state index is -0.796. The van der Waals surface area contributed by atoms with Crippen molar-refractivity contribution in [1.29, 1.82) is 0 Å². The van der Waals surface area contributed by atoms with Crippen LogP contribution in [0.3, 0.4) is 0 Å². The molecule has 0 amide bonds. The summed E-state index contributed by atoms with van der Waals surface area (Å²) < 4.78 is 31.8. The average Bonchev–Trinajstić information content (AvgIpc) is 2.93. The van der Waals surface area contributed by atoms with E-state index < -0.39 is 55.2 Å². The lowest BCUT2D eigenvalue weighted by Crippen LogP contribution is -2.75. The lowest BCUT2D eigenvalue weighted by molar-refractivity contribution is -0.186. The molecule has 2 heterocycles. The summed E-state index contributed by atoms with van der Waals surface area (Å²) in [4.78, 5) is 50.6. The predicted octanol–water partition coefficient (Wildman–Crippen LogP) is 5.18. The highest BCUT2D eigenvalue weighted by atomic mass is 79.9. The van der Waals surface area contributed by atoms with Crippen LogP contribution in [0.25, 0.3) is 0 Å². The zero-order valence-corrected chi connectivity index (χ0v) is 28.5. The molecule has 10 nitrogen and oxygen atoms in total. The maximum atomic E-state index is 13.3. The average molecular weight is 738 g/mol. The largest absolute Gasteiger partial charge is 0.490 e. The molecule has 1 aliphatic carbocycles. The number of ether oxygens (including phenoxy) is 6. The molecule has 0 unspecified atom stereocenters. The summed E-state index contributed by atoms with van der Waals surface area (Å²) in [5.41, 5.74) is -0.0210. The van der Waals surface area contributed by atoms with E-state index in [0.29, 0.717) is 23.0 Å². The topological polar surface area (TPSA) is 124 Å². The summed E-state index contributed by atoms with van der Waals surface area (Å²) >= 11 is 6.52. The number of halogens is 2. The van der Waals surface area contributed by atoms with E-state index >= 15 is 0 Å². The molecule has 0 radical (unpaired) electrons. The Morgan fingerprint density at radius 3 is 1.41 bits per heavy atom. The highest BCUT2D eigenvalue weighted by molar-refractivity contribution is 9.10. The minimum absolute atomic E-state index is 0.0506. The van der Waals surface area contributed by atoms with Crippen molar-refractivity contribution < 1.29 is 47.6 Å². The van der Waals surface area contributed by atoms with Crippen LogP contribution in [0.4, 0.5) is 0 Å². The fourth-order valence-corrected chi connectivity index (χ4v) is 6.57. The highest BCUT2D eigenvalue weighted by Crippen LogP contribution is 2.71. The fourth-order valence-electron chi connectivity index (χ4n) is 6.34. The van der Waals surface area contributed by atoms with E-state index in [1.807, 2.05) is 26.0 Å². The number of carbonyl (C=O) groups excluding carboxylic acids is 4. The number of hydrogen-bond donors (Lipinski definition) is 0. The van der Waals surface area contributed by atoms with Gasteiger partial charge in [-0.1, -0.05) is 57.8 Å². The predicted molar refractivity (Wildman–Crippen MR) is 165 cm³/mol. The van der Waals surface area contributed by atoms with Gasteiger partial charge >= 0.3 is 23.9 Å². The van der Waals surface area contributed by atoms with Crippen molar-refractivity contribution in [3.63, 3.8) is 0 Å². The first-order valence-corrected chi connectivity index (χ1v) is 15.8. The van der Waals surface area contributed by atoms with Crippen LogP contribution in [0, 0.1) is 11.8 Å². The number of hydrogen-bond acceptors (Lipinski definition) is 10. The Morgan fingerprint density at radius 1 is 0.705 bits per heavy atom. The Balaban J connectivity index is 1.34. The van der Waals surface area contributed by atoms with Gasteiger partial charge in [-0.2, -0.15) is 0 Å². The molecule has 5 rings (SSSR count). The van der Waals surface area contributed by atoms with Crippen LogP contribution in [0.15, 0.2) is 36.4 Å². The molecule has 0 spiro atoms. The van der Waals surface area contributed by atoms with E-state index in [9.17, 15) is 19.2 Å². The molecule has 1 saturated carbocycles. The van der Waals surface area contributed by atoms with Gasteiger partial charge in [-0.25, -0.2) is 0 Å². The molecule has 0 saturated heterocycles. The quantitative estimate of drug-likeness (QED) is 0.140. The summed E-state index contributed by atoms with van der Waals surface area (Å²) in [6.45, 7) is 11.0. The number of benzene rings is 2. The Kier molecular flexibility index (Phi) is 8.33. The Labute approximate surface area is 272 Å². The number of rotatable bonds is 10. The van der Waals surface area contributed by atoms with Crippen molar-refractivity contribution in [3.8, 4) is 23.0 Å². The van der Waals surface area contributed by atoms with Gasteiger partial charge < -0.3 is 28.4 Å². The second-order valence-electron chi connectivity index (χ2n) is 12.4. The highest BCUT2D eigenvalue weighted by Gasteiger charge is 2.77. The molecule has 44 heavy (non-hydrogen) atoms. The van der Waals surface area contributed by atoms with Gasteiger partial charge in [0, 0.05) is 34.1 Å². The van der Waals surface area contributed by atoms with Crippen LogP contribution >= 0.6 is 31.9 Å². The van der Waals surface area contributed by atoms with E-state index in [1.54, 1.807) is 52.0 Å². The van der Waals surface area contributed by atoms with Crippen LogP contribution in [0.5, 0.6) is 23.0 Å². The van der Waals surface area contributed by atoms with Crippen molar-refractivity contribution >= 4 is 55.7 Å². The zero-order valence-electron chi connectivity index (χ0n) is 25.3. The van der Waals surface area contributed by atoms with Crippen molar-refractivity contribution in [2.24, 2.45) is 11.8 Å². The first-order valence-electron chi connectivity index (χ1n) is 14.2. The van der Waals surface area contributed by atoms with Gasteiger partial charge in [-0.3, -0.25) is 19.2 Å². The molecule has 2 aliphatic heterocycles. The summed E-state index contributed by atoms with van der Waals surface area (Å²) in [7, 11) is 0. The number of fused-ring (bicyclic) bond motifs is 8. The number of esters is 4. The van der Waals surface area contributed by atoms with Gasteiger partial charge in [0.15, 0.2) is 0 Å². The molecule has 12 heteroatoms. The molecule has 2 aromatic rings. The molecule has 0 aromatic heterocycles. The molecule has 1 fully saturated rings. The van der Waals surface area contributed by atoms with Gasteiger partial charge in [0.05, 0.1) is 11.8 Å². The third kappa shape index (κ3) is 5.37. The van der Waals surface area contributed by atoms with E-state index in [0.717, 1.165) is 11.1 Å². The van der Waals surface area contributed by atoms with Crippen LogP contribution in [-0.2, 0) is 39.5 Å². The SMILES string of the molecule is CC(C)(Br)C(=O)OCCOc1ccc2c(c1)OC(=O)[C@@H]1[C@H]3C(=O)Oc4cc(OCCOC(=O)C(C)(C)Br)ccc4[C@@]3(C)[C@]21C. The summed E-state index contributed by atoms with van der Waals surface area (Å²) in [6.07, 6.45) is 0. The van der Waals surface area contributed by atoms with Gasteiger partial charge in [-0.15, -0.1) is 0 Å². The van der Waals surface area contributed by atoms with Gasteiger partial charge in [-0.05, 0) is 39.8 Å². The number of carbonyl (C=O) groups is 4. The second-order valence-corrected chi connectivity index (χ2v) is 16.4. The van der Waals surface area contributed by atoms with Crippen LogP contribution in [0.1, 0.15) is 52.7 Å². The summed E-state index contributed by atoms with van der Waals surface area (Å²) in [5, 5.41) is 0. The van der Waals surface area contributed by atoms with Crippen LogP contribution in [-0.4, -0.2) is 59.0 Å². The second kappa shape index (κ2) is 11.3. The minimum Gasteiger partial charge on any atom is -0.490 e. The first kappa shape index (κ1) is 32.3. The van der Waals surface area contributed by atoms with Crippen molar-refractivity contribution in [1.82, 2.24) is 0 Å². The number of alkyl halides is 2. The van der Waals surface area contributed by atoms with E-state index in [1.165, 1.54) is 0 Å². The summed E-state index contributed by atoms with van der Waals surface area (Å²) in [5.74, 6) is -1.68. The van der Waals surface area contributed by atoms with Crippen LogP contribution < -0.4 is 18.9 Å². The van der Waals surface area contributed by atoms with Crippen molar-refractivity contribution in [3.05, 3.63) is 47.5 Å². The van der Waals surface area contributed by atoms with E-state index in [4.69, 9.17) is 28.4 Å². The van der Waals surface area contributed by atoms with Crippen molar-refractivity contribution in [2.45, 2.75) is 61.0 Å². The Hall–Kier alpha value is -3.12. The smallest absolute Gasteiger partial charge is 0.322 e. The Morgan fingerprint density at radius 2 is 1.07 bits per heavy atom. The fraction of sp³-hybridized carbons (Fsp3) is 0.500. The van der Waals surface area contributed by atoms with Crippen molar-refractivity contribution in [2.75, 3.05) is 26.4 Å². The lowest BCUT2D eigenvalue weighted by Gasteiger charge is -2.67. The van der Waals surface area contributed by atoms with E-state index in [2.05, 4.69) is 31.9 Å². The maximum absolute atomic E-state index is 13.3. The summed E-state index contributed by atoms with van der Waals surface area (Å²) in [6, 6.07) is 10.5. The molecule has 4 atom stereocenters.